The molecule has 0 spiro atoms. The van der Waals surface area contributed by atoms with Crippen LogP contribution in [0, 0.1) is 0 Å². The van der Waals surface area contributed by atoms with Gasteiger partial charge in [0.15, 0.2) is 0 Å². The molecule has 6 nitrogen and oxygen atoms in total. The molecule has 4 aromatic heterocycles. The number of aromatic amines is 2. The number of fused-ring (bicyclic) bond motifs is 8. The van der Waals surface area contributed by atoms with Gasteiger partial charge in [-0.15, -0.1) is 0 Å². The maximum atomic E-state index is 5.46. The topological polar surface area (TPSA) is 66.2 Å². The fourth-order valence-corrected chi connectivity index (χ4v) is 8.26. The van der Waals surface area contributed by atoms with Crippen LogP contribution in [0.25, 0.3) is 96.6 Å². The van der Waals surface area contributed by atoms with Crippen molar-refractivity contribution in [3.63, 3.8) is 0 Å². The van der Waals surface area contributed by atoms with Gasteiger partial charge in [-0.25, -0.2) is 19.1 Å². The average molecular weight is 752 g/mol. The maximum Gasteiger partial charge on any atom is 0.248 e. The molecule has 0 fully saturated rings. The smallest absolute Gasteiger partial charge is 0.248 e. The Kier molecular flexibility index (Phi) is 9.28. The third-order valence-corrected chi connectivity index (χ3v) is 11.1. The van der Waals surface area contributed by atoms with Crippen LogP contribution in [0.15, 0.2) is 158 Å². The van der Waals surface area contributed by atoms with E-state index in [1.807, 2.05) is 0 Å². The number of aromatic nitrogens is 6. The van der Waals surface area contributed by atoms with Crippen molar-refractivity contribution >= 4 is 46.4 Å². The molecule has 0 unspecified atom stereocenters. The highest BCUT2D eigenvalue weighted by molar-refractivity contribution is 5.99. The van der Waals surface area contributed by atoms with Gasteiger partial charge in [-0.2, -0.15) is 0 Å². The zero-order valence-corrected chi connectivity index (χ0v) is 32.4. The van der Waals surface area contributed by atoms with E-state index in [2.05, 4.69) is 209 Å². The van der Waals surface area contributed by atoms with Gasteiger partial charge in [-0.05, 0) is 108 Å². The van der Waals surface area contributed by atoms with Crippen LogP contribution in [0.5, 0.6) is 0 Å². The van der Waals surface area contributed by atoms with Gasteiger partial charge < -0.3 is 9.97 Å². The van der Waals surface area contributed by atoms with Gasteiger partial charge in [0.05, 0.1) is 29.3 Å². The van der Waals surface area contributed by atoms with Crippen molar-refractivity contribution in [2.75, 3.05) is 0 Å². The minimum Gasteiger partial charge on any atom is -0.354 e. The third-order valence-electron chi connectivity index (χ3n) is 11.1. The van der Waals surface area contributed by atoms with E-state index in [0.29, 0.717) is 0 Å². The summed E-state index contributed by atoms with van der Waals surface area (Å²) in [7, 11) is 0. The highest BCUT2D eigenvalue weighted by atomic mass is 15.1. The molecular formula is C52H43N6+. The number of nitrogens with zero attached hydrogens (tertiary/aromatic N) is 4. The molecule has 0 atom stereocenters. The van der Waals surface area contributed by atoms with Gasteiger partial charge in [0.1, 0.15) is 18.1 Å². The number of hydrogen-bond donors (Lipinski definition) is 2. The number of rotatable bonds is 9. The maximum absolute atomic E-state index is 5.46. The number of aryl methyl sites for hydroxylation is 1. The first-order valence-corrected chi connectivity index (χ1v) is 20.2. The molecule has 0 amide bonds. The molecule has 6 heteroatoms. The fraction of sp³-hybridized carbons (Fsp3) is 0.0962. The lowest BCUT2D eigenvalue weighted by Gasteiger charge is -2.07. The minimum absolute atomic E-state index is 0.893. The molecule has 280 valence electrons. The summed E-state index contributed by atoms with van der Waals surface area (Å²) in [6, 6.07) is 49.2. The number of H-pyrrole nitrogens is 2. The number of imidazole rings is 1. The lowest BCUT2D eigenvalue weighted by atomic mass is 10.0. The van der Waals surface area contributed by atoms with Crippen molar-refractivity contribution in [1.82, 2.24) is 24.5 Å². The molecule has 8 aromatic rings. The zero-order valence-electron chi connectivity index (χ0n) is 32.4. The Bertz CT molecular complexity index is 2950. The van der Waals surface area contributed by atoms with Crippen LogP contribution in [-0.2, 0) is 6.54 Å². The predicted octanol–water partition coefficient (Wildman–Crippen LogP) is 12.6. The largest absolute Gasteiger partial charge is 0.354 e. The van der Waals surface area contributed by atoms with Crippen LogP contribution in [-0.4, -0.2) is 24.5 Å². The molecule has 8 bridgehead atoms. The quantitative estimate of drug-likeness (QED) is 0.114. The predicted molar refractivity (Wildman–Crippen MR) is 240 cm³/mol. The Labute approximate surface area is 338 Å². The molecule has 0 saturated heterocycles. The summed E-state index contributed by atoms with van der Waals surface area (Å²) >= 11 is 0. The molecule has 2 N–H and O–H groups in total. The molecule has 10 rings (SSSR count). The van der Waals surface area contributed by atoms with E-state index in [0.717, 1.165) is 102 Å². The van der Waals surface area contributed by atoms with E-state index in [4.69, 9.17) is 9.97 Å². The lowest BCUT2D eigenvalue weighted by Crippen LogP contribution is -2.30. The third kappa shape index (κ3) is 6.69. The normalized spacial score (nSPS) is 12.0. The molecule has 0 aliphatic carbocycles. The monoisotopic (exact) mass is 751 g/mol. The number of benzene rings is 4. The summed E-state index contributed by atoms with van der Waals surface area (Å²) in [6.45, 7) is 3.27. The molecule has 6 heterocycles. The second-order valence-corrected chi connectivity index (χ2v) is 14.9. The van der Waals surface area contributed by atoms with Crippen molar-refractivity contribution in [2.24, 2.45) is 0 Å². The summed E-state index contributed by atoms with van der Waals surface area (Å²) in [5.74, 6) is 0. The van der Waals surface area contributed by atoms with Crippen LogP contribution >= 0.6 is 0 Å². The van der Waals surface area contributed by atoms with Crippen molar-refractivity contribution in [2.45, 2.75) is 32.7 Å². The molecule has 2 aliphatic heterocycles. The van der Waals surface area contributed by atoms with E-state index < -0.39 is 0 Å². The molecule has 4 aromatic carbocycles. The van der Waals surface area contributed by atoms with Gasteiger partial charge in [0, 0.05) is 44.3 Å². The SMILES string of the molecule is CCCCC[n+]1ccn(-c2ccc(-c3c4nc(c(-c5ccccc5)c5ccc([nH]5)c(-c5ccccc5)c5nc(c(-c6ccccc6)c6ccc3[nH]6)C=C5)C=C4)cc2)c1. The lowest BCUT2D eigenvalue weighted by molar-refractivity contribution is -0.696. The second-order valence-electron chi connectivity index (χ2n) is 14.9. The zero-order chi connectivity index (χ0) is 38.8. The fourth-order valence-electron chi connectivity index (χ4n) is 8.26. The minimum atomic E-state index is 0.893. The van der Waals surface area contributed by atoms with Crippen LogP contribution in [0.1, 0.15) is 49.0 Å². The van der Waals surface area contributed by atoms with Gasteiger partial charge in [-0.1, -0.05) is 104 Å². The van der Waals surface area contributed by atoms with Crippen molar-refractivity contribution in [3.05, 3.63) is 181 Å². The standard InChI is InChI=1S/C52H43N6/c1-2-3-13-32-57-33-34-58(35-57)40-22-20-39(21-23-40)52-47-30-28-45(55-47)50(37-16-9-5-10-17-37)43-26-24-41(53-43)49(36-14-7-4-8-15-36)42-25-27-44(54-42)51(38-18-11-6-12-19-38)46-29-31-48(52)56-46/h4-12,14-31,33-35,53,56H,2-3,13,32H2,1H3/q+1. The first kappa shape index (κ1) is 35.1. The number of hydrogen-bond acceptors (Lipinski definition) is 2. The average Bonchev–Trinajstić information content (AvgIpc) is 4.14. The van der Waals surface area contributed by atoms with E-state index in [1.165, 1.54) is 19.3 Å². The number of unbranched alkanes of at least 4 members (excludes halogenated alkanes) is 2. The molecule has 0 saturated carbocycles. The Morgan fingerprint density at radius 3 is 1.26 bits per heavy atom. The first-order valence-electron chi connectivity index (χ1n) is 20.2. The van der Waals surface area contributed by atoms with E-state index >= 15 is 0 Å². The van der Waals surface area contributed by atoms with E-state index in [-0.39, 0.29) is 0 Å². The van der Waals surface area contributed by atoms with Crippen LogP contribution in [0.3, 0.4) is 0 Å². The van der Waals surface area contributed by atoms with Crippen LogP contribution < -0.4 is 4.57 Å². The highest BCUT2D eigenvalue weighted by Gasteiger charge is 2.19. The van der Waals surface area contributed by atoms with Gasteiger partial charge in [0.25, 0.3) is 0 Å². The Morgan fingerprint density at radius 1 is 0.466 bits per heavy atom. The molecule has 58 heavy (non-hydrogen) atoms. The van der Waals surface area contributed by atoms with Gasteiger partial charge in [-0.3, -0.25) is 0 Å². The molecular weight excluding hydrogens is 709 g/mol. The van der Waals surface area contributed by atoms with Crippen molar-refractivity contribution < 1.29 is 4.57 Å². The molecule has 2 aliphatic rings. The first-order chi connectivity index (χ1) is 28.7. The summed E-state index contributed by atoms with van der Waals surface area (Å²) in [4.78, 5) is 18.6. The summed E-state index contributed by atoms with van der Waals surface area (Å²) < 4.78 is 4.47. The summed E-state index contributed by atoms with van der Waals surface area (Å²) in [5, 5.41) is 0. The van der Waals surface area contributed by atoms with E-state index in [1.54, 1.807) is 0 Å². The van der Waals surface area contributed by atoms with Crippen LogP contribution in [0.4, 0.5) is 0 Å². The van der Waals surface area contributed by atoms with Gasteiger partial charge in [0.2, 0.25) is 6.33 Å². The summed E-state index contributed by atoms with van der Waals surface area (Å²) in [6.07, 6.45) is 18.7. The van der Waals surface area contributed by atoms with Gasteiger partial charge >= 0.3 is 0 Å². The van der Waals surface area contributed by atoms with Crippen LogP contribution in [0.2, 0.25) is 0 Å². The Hall–Kier alpha value is -7.31. The van der Waals surface area contributed by atoms with Crippen molar-refractivity contribution in [3.8, 4) is 50.2 Å². The summed E-state index contributed by atoms with van der Waals surface area (Å²) in [5.41, 5.74) is 17.1. The Balaban J connectivity index is 1.26. The number of nitrogens with one attached hydrogen (secondary N) is 2. The highest BCUT2D eigenvalue weighted by Crippen LogP contribution is 2.38. The molecule has 0 radical (unpaired) electrons. The Morgan fingerprint density at radius 2 is 0.862 bits per heavy atom. The van der Waals surface area contributed by atoms with Crippen molar-refractivity contribution in [1.29, 1.82) is 0 Å². The second kappa shape index (κ2) is 15.3. The van der Waals surface area contributed by atoms with E-state index in [9.17, 15) is 0 Å².